The predicted octanol–water partition coefficient (Wildman–Crippen LogP) is 5.34. The summed E-state index contributed by atoms with van der Waals surface area (Å²) in [6.45, 7) is 3.20. The minimum atomic E-state index is -3.71. The van der Waals surface area contributed by atoms with Gasteiger partial charge in [-0.3, -0.25) is 0 Å². The Hall–Kier alpha value is -2.26. The molecule has 0 amide bonds. The van der Waals surface area contributed by atoms with Crippen LogP contribution < -0.4 is 19.9 Å². The molecular formula is C22H22BrClN2O4S. The fraction of sp³-hybridized carbons (Fsp3) is 0.182. The van der Waals surface area contributed by atoms with Crippen molar-refractivity contribution in [3.63, 3.8) is 0 Å². The molecule has 0 fully saturated rings. The fourth-order valence-corrected chi connectivity index (χ4v) is 4.17. The maximum Gasteiger partial charge on any atom is 0.238 e. The van der Waals surface area contributed by atoms with Gasteiger partial charge in [-0.1, -0.05) is 29.8 Å². The van der Waals surface area contributed by atoms with Crippen LogP contribution >= 0.6 is 27.5 Å². The average molecular weight is 526 g/mol. The first-order chi connectivity index (χ1) is 14.8. The topological polar surface area (TPSA) is 90.6 Å². The molecule has 0 radical (unpaired) electrons. The van der Waals surface area contributed by atoms with E-state index in [0.717, 1.165) is 21.3 Å². The highest BCUT2D eigenvalue weighted by molar-refractivity contribution is 9.10. The summed E-state index contributed by atoms with van der Waals surface area (Å²) < 4.78 is 35.3. The van der Waals surface area contributed by atoms with E-state index in [1.165, 1.54) is 12.1 Å². The summed E-state index contributed by atoms with van der Waals surface area (Å²) in [6.07, 6.45) is 0. The molecule has 0 aliphatic carbocycles. The molecule has 3 aromatic carbocycles. The Morgan fingerprint density at radius 3 is 2.42 bits per heavy atom. The van der Waals surface area contributed by atoms with E-state index in [9.17, 15) is 8.42 Å². The summed E-state index contributed by atoms with van der Waals surface area (Å²) in [5.74, 6) is 1.22. The highest BCUT2D eigenvalue weighted by Gasteiger charge is 2.14. The molecular weight excluding hydrogens is 504 g/mol. The van der Waals surface area contributed by atoms with E-state index >= 15 is 0 Å². The lowest BCUT2D eigenvalue weighted by molar-refractivity contribution is 0.267. The third kappa shape index (κ3) is 6.36. The number of primary sulfonamides is 1. The molecule has 9 heteroatoms. The summed E-state index contributed by atoms with van der Waals surface area (Å²) in [4.78, 5) is 0.0689. The van der Waals surface area contributed by atoms with Crippen LogP contribution in [0.2, 0.25) is 5.02 Å². The summed E-state index contributed by atoms with van der Waals surface area (Å²) in [5.41, 5.74) is 2.60. The zero-order valence-electron chi connectivity index (χ0n) is 16.8. The molecule has 0 spiro atoms. The van der Waals surface area contributed by atoms with Crippen molar-refractivity contribution in [2.24, 2.45) is 5.14 Å². The van der Waals surface area contributed by atoms with Crippen LogP contribution in [0.1, 0.15) is 18.1 Å². The standard InChI is InChI=1S/C22H22BrClN2O4S/c1-2-29-21-12-15(13-26-17-7-9-18(10-8-17)31(25,27)28)11-19(23)22(21)30-14-16-5-3-4-6-20(16)24/h3-12,26H,2,13-14H2,1H3,(H2,25,27,28). The van der Waals surface area contributed by atoms with Gasteiger partial charge in [0.05, 0.1) is 16.0 Å². The minimum Gasteiger partial charge on any atom is -0.490 e. The van der Waals surface area contributed by atoms with Crippen molar-refractivity contribution in [2.75, 3.05) is 11.9 Å². The summed E-state index contributed by atoms with van der Waals surface area (Å²) in [7, 11) is -3.71. The third-order valence-electron chi connectivity index (χ3n) is 4.38. The average Bonchev–Trinajstić information content (AvgIpc) is 2.73. The van der Waals surface area contributed by atoms with E-state index < -0.39 is 10.0 Å². The van der Waals surface area contributed by atoms with Crippen molar-refractivity contribution in [1.29, 1.82) is 0 Å². The van der Waals surface area contributed by atoms with Crippen molar-refractivity contribution in [2.45, 2.75) is 25.0 Å². The monoisotopic (exact) mass is 524 g/mol. The van der Waals surface area contributed by atoms with Gasteiger partial charge in [0.25, 0.3) is 0 Å². The first kappa shape index (κ1) is 23.4. The molecule has 0 aliphatic heterocycles. The first-order valence-electron chi connectivity index (χ1n) is 9.46. The van der Waals surface area contributed by atoms with Gasteiger partial charge in [0, 0.05) is 22.8 Å². The van der Waals surface area contributed by atoms with E-state index in [2.05, 4.69) is 21.2 Å². The van der Waals surface area contributed by atoms with Gasteiger partial charge in [-0.05, 0) is 70.9 Å². The molecule has 0 saturated heterocycles. The van der Waals surface area contributed by atoms with Crippen LogP contribution in [-0.4, -0.2) is 15.0 Å². The molecule has 0 bridgehead atoms. The number of nitrogens with one attached hydrogen (secondary N) is 1. The molecule has 3 aromatic rings. The lowest BCUT2D eigenvalue weighted by Gasteiger charge is -2.16. The highest BCUT2D eigenvalue weighted by atomic mass is 79.9. The Morgan fingerprint density at radius 1 is 1.06 bits per heavy atom. The lowest BCUT2D eigenvalue weighted by Crippen LogP contribution is -2.12. The maximum absolute atomic E-state index is 11.4. The number of anilines is 1. The van der Waals surface area contributed by atoms with Crippen molar-refractivity contribution >= 4 is 43.2 Å². The number of nitrogens with two attached hydrogens (primary N) is 1. The van der Waals surface area contributed by atoms with E-state index in [1.807, 2.05) is 43.3 Å². The van der Waals surface area contributed by atoms with Crippen LogP contribution in [0.4, 0.5) is 5.69 Å². The Kier molecular flexibility index (Phi) is 7.83. The molecule has 6 nitrogen and oxygen atoms in total. The molecule has 164 valence electrons. The Labute approximate surface area is 195 Å². The number of hydrogen-bond acceptors (Lipinski definition) is 5. The molecule has 3 rings (SSSR count). The number of ether oxygens (including phenoxy) is 2. The molecule has 0 aliphatic rings. The van der Waals surface area contributed by atoms with Crippen molar-refractivity contribution in [3.8, 4) is 11.5 Å². The Bertz CT molecular complexity index is 1150. The smallest absolute Gasteiger partial charge is 0.238 e. The second kappa shape index (κ2) is 10.4. The predicted molar refractivity (Wildman–Crippen MR) is 126 cm³/mol. The number of halogens is 2. The second-order valence-corrected chi connectivity index (χ2v) is 9.46. The minimum absolute atomic E-state index is 0.0689. The molecule has 0 saturated carbocycles. The second-order valence-electron chi connectivity index (χ2n) is 6.64. The molecule has 0 unspecified atom stereocenters. The van der Waals surface area contributed by atoms with Gasteiger partial charge in [0.2, 0.25) is 10.0 Å². The van der Waals surface area contributed by atoms with Gasteiger partial charge in [-0.15, -0.1) is 0 Å². The van der Waals surface area contributed by atoms with Crippen molar-refractivity contribution in [1.82, 2.24) is 0 Å². The zero-order valence-corrected chi connectivity index (χ0v) is 19.9. The molecule has 0 heterocycles. The third-order valence-corrected chi connectivity index (χ3v) is 6.27. The number of rotatable bonds is 9. The van der Waals surface area contributed by atoms with Crippen LogP contribution in [-0.2, 0) is 23.2 Å². The molecule has 0 aromatic heterocycles. The van der Waals surface area contributed by atoms with Crippen molar-refractivity contribution < 1.29 is 17.9 Å². The van der Waals surface area contributed by atoms with Gasteiger partial charge in [0.15, 0.2) is 11.5 Å². The normalized spacial score (nSPS) is 11.2. The SMILES string of the molecule is CCOc1cc(CNc2ccc(S(N)(=O)=O)cc2)cc(Br)c1OCc1ccccc1Cl. The van der Waals surface area contributed by atoms with E-state index in [4.69, 9.17) is 26.2 Å². The van der Waals surface area contributed by atoms with E-state index in [1.54, 1.807) is 12.1 Å². The molecule has 3 N–H and O–H groups in total. The number of sulfonamides is 1. The van der Waals surface area contributed by atoms with Crippen LogP contribution in [0.15, 0.2) is 70.0 Å². The van der Waals surface area contributed by atoms with Gasteiger partial charge < -0.3 is 14.8 Å². The van der Waals surface area contributed by atoms with E-state index in [0.29, 0.717) is 36.3 Å². The van der Waals surface area contributed by atoms with Gasteiger partial charge in [-0.2, -0.15) is 0 Å². The van der Waals surface area contributed by atoms with Crippen LogP contribution in [0.5, 0.6) is 11.5 Å². The van der Waals surface area contributed by atoms with Crippen LogP contribution in [0, 0.1) is 0 Å². The Morgan fingerprint density at radius 2 is 1.77 bits per heavy atom. The summed E-state index contributed by atoms with van der Waals surface area (Å²) >= 11 is 9.79. The summed E-state index contributed by atoms with van der Waals surface area (Å²) in [6, 6.07) is 17.6. The highest BCUT2D eigenvalue weighted by Crippen LogP contribution is 2.38. The summed E-state index contributed by atoms with van der Waals surface area (Å²) in [5, 5.41) is 9.03. The van der Waals surface area contributed by atoms with Gasteiger partial charge in [0.1, 0.15) is 6.61 Å². The Balaban J connectivity index is 1.74. The van der Waals surface area contributed by atoms with Gasteiger partial charge in [-0.25, -0.2) is 13.6 Å². The van der Waals surface area contributed by atoms with Gasteiger partial charge >= 0.3 is 0 Å². The molecule has 31 heavy (non-hydrogen) atoms. The van der Waals surface area contributed by atoms with E-state index in [-0.39, 0.29) is 4.90 Å². The quantitative estimate of drug-likeness (QED) is 0.393. The maximum atomic E-state index is 11.4. The molecule has 0 atom stereocenters. The number of benzene rings is 3. The van der Waals surface area contributed by atoms with Crippen molar-refractivity contribution in [3.05, 3.63) is 81.3 Å². The lowest BCUT2D eigenvalue weighted by atomic mass is 10.2. The van der Waals surface area contributed by atoms with Crippen LogP contribution in [0.3, 0.4) is 0 Å². The zero-order chi connectivity index (χ0) is 22.4. The number of hydrogen-bond donors (Lipinski definition) is 2. The largest absolute Gasteiger partial charge is 0.490 e. The van der Waals surface area contributed by atoms with Crippen LogP contribution in [0.25, 0.3) is 0 Å². The fourth-order valence-electron chi connectivity index (χ4n) is 2.86. The first-order valence-corrected chi connectivity index (χ1v) is 12.2.